The van der Waals surface area contributed by atoms with Gasteiger partial charge in [-0.2, -0.15) is 0 Å². The number of rotatable bonds is 8. The molecular weight excluding hydrogens is 370 g/mol. The lowest BCUT2D eigenvalue weighted by molar-refractivity contribution is -0.131. The summed E-state index contributed by atoms with van der Waals surface area (Å²) in [4.78, 5) is 23.5. The number of hydrogen-bond acceptors (Lipinski definition) is 4. The number of hydrogen-bond donors (Lipinski definition) is 2. The van der Waals surface area contributed by atoms with Crippen LogP contribution >= 0.6 is 11.3 Å². The summed E-state index contributed by atoms with van der Waals surface area (Å²) in [5.41, 5.74) is 3.65. The van der Waals surface area contributed by atoms with Gasteiger partial charge in [0.15, 0.2) is 5.96 Å². The Morgan fingerprint density at radius 2 is 2.00 bits per heavy atom. The Morgan fingerprint density at radius 1 is 1.25 bits per heavy atom. The quantitative estimate of drug-likeness (QED) is 0.407. The maximum atomic E-state index is 12.5. The molecule has 28 heavy (non-hydrogen) atoms. The largest absolute Gasteiger partial charge is 0.357 e. The standard InChI is InChI=1S/C21H29N5OS/c1-3-22-21(24-12-10-19-15-28-16(2)25-19)23-11-6-9-20(27)26-13-17-7-4-5-8-18(17)14-26/h4-5,7-8,15H,3,6,9-14H2,1-2H3,(H2,22,23,24). The van der Waals surface area contributed by atoms with Crippen LogP contribution in [0, 0.1) is 6.92 Å². The number of fused-ring (bicyclic) bond motifs is 1. The zero-order chi connectivity index (χ0) is 19.8. The first kappa shape index (κ1) is 20.3. The second-order valence-corrected chi connectivity index (χ2v) is 7.98. The minimum atomic E-state index is 0.211. The fourth-order valence-corrected chi connectivity index (χ4v) is 3.91. The predicted octanol–water partition coefficient (Wildman–Crippen LogP) is 2.87. The predicted molar refractivity (Wildman–Crippen MR) is 114 cm³/mol. The van der Waals surface area contributed by atoms with Crippen molar-refractivity contribution in [3.05, 3.63) is 51.5 Å². The smallest absolute Gasteiger partial charge is 0.223 e. The summed E-state index contributed by atoms with van der Waals surface area (Å²) >= 11 is 1.68. The summed E-state index contributed by atoms with van der Waals surface area (Å²) in [7, 11) is 0. The third kappa shape index (κ3) is 5.79. The number of nitrogens with zero attached hydrogens (tertiary/aromatic N) is 3. The third-order valence-electron chi connectivity index (χ3n) is 4.70. The van der Waals surface area contributed by atoms with Gasteiger partial charge in [0.05, 0.1) is 10.7 Å². The number of benzene rings is 1. The Bertz CT molecular complexity index is 792. The first-order valence-corrected chi connectivity index (χ1v) is 10.8. The van der Waals surface area contributed by atoms with Gasteiger partial charge >= 0.3 is 0 Å². The highest BCUT2D eigenvalue weighted by atomic mass is 32.1. The van der Waals surface area contributed by atoms with Crippen LogP contribution < -0.4 is 10.6 Å². The highest BCUT2D eigenvalue weighted by molar-refractivity contribution is 7.09. The van der Waals surface area contributed by atoms with E-state index in [0.717, 1.165) is 55.7 Å². The molecule has 0 unspecified atom stereocenters. The van der Waals surface area contributed by atoms with E-state index in [4.69, 9.17) is 0 Å². The van der Waals surface area contributed by atoms with Gasteiger partial charge in [-0.05, 0) is 31.4 Å². The molecule has 1 aromatic heterocycles. The first-order valence-electron chi connectivity index (χ1n) is 9.93. The molecule has 0 atom stereocenters. The second kappa shape index (κ2) is 10.2. The number of guanidine groups is 1. The highest BCUT2D eigenvalue weighted by Gasteiger charge is 2.22. The number of carbonyl (C=O) groups is 1. The van der Waals surface area contributed by atoms with Crippen molar-refractivity contribution >= 4 is 23.2 Å². The van der Waals surface area contributed by atoms with Crippen molar-refractivity contribution in [3.8, 4) is 0 Å². The molecule has 150 valence electrons. The molecule has 6 nitrogen and oxygen atoms in total. The number of nitrogens with one attached hydrogen (secondary N) is 2. The van der Waals surface area contributed by atoms with E-state index >= 15 is 0 Å². The van der Waals surface area contributed by atoms with Gasteiger partial charge in [0.1, 0.15) is 0 Å². The average Bonchev–Trinajstić information content (AvgIpc) is 3.31. The van der Waals surface area contributed by atoms with Crippen molar-refractivity contribution in [1.82, 2.24) is 20.5 Å². The van der Waals surface area contributed by atoms with Crippen LogP contribution in [0.25, 0.3) is 0 Å². The fraction of sp³-hybridized carbons (Fsp3) is 0.476. The summed E-state index contributed by atoms with van der Waals surface area (Å²) in [6, 6.07) is 8.28. The van der Waals surface area contributed by atoms with Gasteiger partial charge < -0.3 is 15.5 Å². The normalized spacial score (nSPS) is 13.5. The molecule has 2 heterocycles. The Balaban J connectivity index is 1.38. The molecular formula is C21H29N5OS. The fourth-order valence-electron chi connectivity index (χ4n) is 3.26. The van der Waals surface area contributed by atoms with Gasteiger partial charge in [0.2, 0.25) is 5.91 Å². The maximum Gasteiger partial charge on any atom is 0.223 e. The minimum absolute atomic E-state index is 0.211. The van der Waals surface area contributed by atoms with Crippen LogP contribution in [0.15, 0.2) is 34.6 Å². The number of amides is 1. The van der Waals surface area contributed by atoms with E-state index in [1.165, 1.54) is 11.1 Å². The monoisotopic (exact) mass is 399 g/mol. The molecule has 2 aromatic rings. The third-order valence-corrected chi connectivity index (χ3v) is 5.52. The lowest BCUT2D eigenvalue weighted by Gasteiger charge is -2.15. The zero-order valence-electron chi connectivity index (χ0n) is 16.7. The maximum absolute atomic E-state index is 12.5. The number of aromatic nitrogens is 1. The topological polar surface area (TPSA) is 69.6 Å². The molecule has 0 bridgehead atoms. The zero-order valence-corrected chi connectivity index (χ0v) is 17.5. The van der Waals surface area contributed by atoms with E-state index in [2.05, 4.69) is 45.0 Å². The van der Waals surface area contributed by atoms with Gasteiger partial charge in [-0.1, -0.05) is 24.3 Å². The molecule has 7 heteroatoms. The van der Waals surface area contributed by atoms with Crippen molar-refractivity contribution in [2.24, 2.45) is 4.99 Å². The van der Waals surface area contributed by atoms with Crippen LogP contribution in [0.2, 0.25) is 0 Å². The van der Waals surface area contributed by atoms with Crippen molar-refractivity contribution in [2.45, 2.75) is 46.2 Å². The average molecular weight is 400 g/mol. The Morgan fingerprint density at radius 3 is 2.64 bits per heavy atom. The number of aryl methyl sites for hydroxylation is 1. The molecule has 0 spiro atoms. The van der Waals surface area contributed by atoms with Crippen LogP contribution in [0.5, 0.6) is 0 Å². The van der Waals surface area contributed by atoms with Crippen LogP contribution in [-0.2, 0) is 24.3 Å². The molecule has 1 aliphatic rings. The van der Waals surface area contributed by atoms with Gasteiger partial charge in [-0.15, -0.1) is 11.3 Å². The molecule has 0 radical (unpaired) electrons. The lowest BCUT2D eigenvalue weighted by atomic mass is 10.1. The van der Waals surface area contributed by atoms with E-state index in [0.29, 0.717) is 13.0 Å². The van der Waals surface area contributed by atoms with E-state index in [9.17, 15) is 4.79 Å². The van der Waals surface area contributed by atoms with E-state index in [1.807, 2.05) is 24.0 Å². The molecule has 2 N–H and O–H groups in total. The van der Waals surface area contributed by atoms with Crippen molar-refractivity contribution in [1.29, 1.82) is 0 Å². The van der Waals surface area contributed by atoms with E-state index in [-0.39, 0.29) is 5.91 Å². The lowest BCUT2D eigenvalue weighted by Crippen LogP contribution is -2.38. The second-order valence-electron chi connectivity index (χ2n) is 6.92. The summed E-state index contributed by atoms with van der Waals surface area (Å²) < 4.78 is 0. The molecule has 0 saturated heterocycles. The summed E-state index contributed by atoms with van der Waals surface area (Å²) in [5.74, 6) is 1.01. The number of thiazole rings is 1. The van der Waals surface area contributed by atoms with Crippen molar-refractivity contribution in [2.75, 3.05) is 19.6 Å². The van der Waals surface area contributed by atoms with Crippen molar-refractivity contribution < 1.29 is 4.79 Å². The van der Waals surface area contributed by atoms with Crippen LogP contribution in [0.1, 0.15) is 41.6 Å². The minimum Gasteiger partial charge on any atom is -0.357 e. The van der Waals surface area contributed by atoms with Crippen LogP contribution in [-0.4, -0.2) is 41.4 Å². The Kier molecular flexibility index (Phi) is 7.42. The number of aliphatic imine (C=N–C) groups is 1. The molecule has 1 aromatic carbocycles. The molecule has 0 aliphatic carbocycles. The Hall–Kier alpha value is -2.41. The van der Waals surface area contributed by atoms with Gasteiger partial charge in [-0.25, -0.2) is 4.98 Å². The Labute approximate surface area is 171 Å². The number of carbonyl (C=O) groups excluding carboxylic acids is 1. The SMILES string of the molecule is CCNC(=NCCCC(=O)N1Cc2ccccc2C1)NCCc1csc(C)n1. The van der Waals surface area contributed by atoms with Crippen LogP contribution in [0.4, 0.5) is 0 Å². The first-order chi connectivity index (χ1) is 13.7. The van der Waals surface area contributed by atoms with E-state index in [1.54, 1.807) is 11.3 Å². The summed E-state index contributed by atoms with van der Waals surface area (Å²) in [6.07, 6.45) is 2.17. The molecule has 1 amide bonds. The molecule has 1 aliphatic heterocycles. The summed E-state index contributed by atoms with van der Waals surface area (Å²) in [6.45, 7) is 7.78. The molecule has 3 rings (SSSR count). The summed E-state index contributed by atoms with van der Waals surface area (Å²) in [5, 5.41) is 9.80. The highest BCUT2D eigenvalue weighted by Crippen LogP contribution is 2.22. The van der Waals surface area contributed by atoms with Crippen LogP contribution in [0.3, 0.4) is 0 Å². The molecule has 0 saturated carbocycles. The van der Waals surface area contributed by atoms with Gasteiger partial charge in [0.25, 0.3) is 0 Å². The van der Waals surface area contributed by atoms with Crippen molar-refractivity contribution in [3.63, 3.8) is 0 Å². The van der Waals surface area contributed by atoms with Gasteiger partial charge in [-0.3, -0.25) is 9.79 Å². The van der Waals surface area contributed by atoms with E-state index < -0.39 is 0 Å². The van der Waals surface area contributed by atoms with Gasteiger partial charge in [0, 0.05) is 50.9 Å². The molecule has 0 fully saturated rings.